The van der Waals surface area contributed by atoms with E-state index in [1.807, 2.05) is 10.7 Å². The van der Waals surface area contributed by atoms with E-state index in [0.29, 0.717) is 11.3 Å². The van der Waals surface area contributed by atoms with E-state index < -0.39 is 0 Å². The molecule has 2 aromatic heterocycles. The lowest BCUT2D eigenvalue weighted by Crippen LogP contribution is -2.26. The number of hydrogen-bond acceptors (Lipinski definition) is 4. The summed E-state index contributed by atoms with van der Waals surface area (Å²) in [5.74, 6) is 1.64. The van der Waals surface area contributed by atoms with E-state index >= 15 is 0 Å². The summed E-state index contributed by atoms with van der Waals surface area (Å²) in [5, 5.41) is 12.0. The van der Waals surface area contributed by atoms with Crippen LogP contribution in [0.2, 0.25) is 0 Å². The Morgan fingerprint density at radius 1 is 1.24 bits per heavy atom. The van der Waals surface area contributed by atoms with Crippen LogP contribution in [0.4, 0.5) is 5.82 Å². The van der Waals surface area contributed by atoms with Gasteiger partial charge in [-0.05, 0) is 55.9 Å². The number of aryl methyl sites for hydroxylation is 1. The molecular formula is C20H25N5. The van der Waals surface area contributed by atoms with Crippen LogP contribution in [-0.4, -0.2) is 34.2 Å². The van der Waals surface area contributed by atoms with Gasteiger partial charge in [-0.15, -0.1) is 5.10 Å². The van der Waals surface area contributed by atoms with E-state index in [1.54, 1.807) is 0 Å². The van der Waals surface area contributed by atoms with E-state index in [4.69, 9.17) is 5.10 Å². The molecule has 2 N–H and O–H groups in total. The van der Waals surface area contributed by atoms with Crippen molar-refractivity contribution in [1.82, 2.24) is 19.9 Å². The Kier molecular flexibility index (Phi) is 3.45. The van der Waals surface area contributed by atoms with Crippen molar-refractivity contribution in [1.29, 1.82) is 0 Å². The summed E-state index contributed by atoms with van der Waals surface area (Å²) in [7, 11) is 0. The Balaban J connectivity index is 1.61. The summed E-state index contributed by atoms with van der Waals surface area (Å²) in [5.41, 5.74) is 4.76. The maximum absolute atomic E-state index is 4.82. The average Bonchev–Trinajstić information content (AvgIpc) is 3.16. The van der Waals surface area contributed by atoms with E-state index in [1.165, 1.54) is 31.3 Å². The van der Waals surface area contributed by atoms with E-state index in [2.05, 4.69) is 46.8 Å². The van der Waals surface area contributed by atoms with Crippen molar-refractivity contribution >= 4 is 17.0 Å². The first-order valence-corrected chi connectivity index (χ1v) is 9.47. The van der Waals surface area contributed by atoms with Crippen LogP contribution in [-0.2, 0) is 0 Å². The lowest BCUT2D eigenvalue weighted by molar-refractivity contribution is 0.510. The van der Waals surface area contributed by atoms with Crippen molar-refractivity contribution in [2.45, 2.75) is 32.6 Å². The van der Waals surface area contributed by atoms with Gasteiger partial charge >= 0.3 is 0 Å². The third kappa shape index (κ3) is 2.58. The minimum atomic E-state index is 0.305. The van der Waals surface area contributed by atoms with Gasteiger partial charge in [0.1, 0.15) is 5.82 Å². The minimum absolute atomic E-state index is 0.305. The lowest BCUT2D eigenvalue weighted by atomic mass is 9.93. The van der Waals surface area contributed by atoms with E-state index in [9.17, 15) is 0 Å². The van der Waals surface area contributed by atoms with Gasteiger partial charge in [-0.25, -0.2) is 9.50 Å². The minimum Gasteiger partial charge on any atom is -0.369 e. The fraction of sp³-hybridized carbons (Fsp3) is 0.500. The summed E-state index contributed by atoms with van der Waals surface area (Å²) < 4.78 is 2.01. The lowest BCUT2D eigenvalue weighted by Gasteiger charge is -2.18. The van der Waals surface area contributed by atoms with Crippen LogP contribution in [0.25, 0.3) is 11.2 Å². The zero-order valence-corrected chi connectivity index (χ0v) is 14.8. The molecule has 1 fully saturated rings. The molecule has 2 aliphatic carbocycles. The zero-order valence-electron chi connectivity index (χ0n) is 14.8. The molecule has 1 spiro atoms. The largest absolute Gasteiger partial charge is 0.369 e. The van der Waals surface area contributed by atoms with Gasteiger partial charge < -0.3 is 10.6 Å². The number of fused-ring (bicyclic) bond motifs is 2. The fourth-order valence-corrected chi connectivity index (χ4v) is 4.26. The van der Waals surface area contributed by atoms with Gasteiger partial charge in [0.25, 0.3) is 0 Å². The molecular weight excluding hydrogens is 310 g/mol. The predicted octanol–water partition coefficient (Wildman–Crippen LogP) is 3.18. The molecule has 0 saturated heterocycles. The third-order valence-corrected chi connectivity index (χ3v) is 5.87. The quantitative estimate of drug-likeness (QED) is 0.776. The predicted molar refractivity (Wildman–Crippen MR) is 101 cm³/mol. The van der Waals surface area contributed by atoms with Crippen LogP contribution in [0.15, 0.2) is 30.5 Å². The van der Waals surface area contributed by atoms with Crippen molar-refractivity contribution in [2.75, 3.05) is 25.0 Å². The molecule has 5 nitrogen and oxygen atoms in total. The normalized spacial score (nSPS) is 28.7. The average molecular weight is 335 g/mol. The molecule has 5 heteroatoms. The summed E-state index contributed by atoms with van der Waals surface area (Å²) in [6.07, 6.45) is 14.0. The van der Waals surface area contributed by atoms with Crippen molar-refractivity contribution in [3.63, 3.8) is 0 Å². The maximum atomic E-state index is 4.82. The number of hydrogen-bond donors (Lipinski definition) is 2. The Bertz CT molecular complexity index is 878. The van der Waals surface area contributed by atoms with Gasteiger partial charge in [0.2, 0.25) is 0 Å². The van der Waals surface area contributed by atoms with E-state index in [-0.39, 0.29) is 0 Å². The highest BCUT2D eigenvalue weighted by Gasteiger charge is 2.52. The second-order valence-corrected chi connectivity index (χ2v) is 7.76. The summed E-state index contributed by atoms with van der Waals surface area (Å²) in [6.45, 7) is 5.28. The van der Waals surface area contributed by atoms with Crippen LogP contribution in [0.5, 0.6) is 0 Å². The van der Waals surface area contributed by atoms with Gasteiger partial charge in [-0.2, -0.15) is 0 Å². The van der Waals surface area contributed by atoms with Crippen LogP contribution in [0, 0.1) is 18.3 Å². The topological polar surface area (TPSA) is 54.2 Å². The first-order chi connectivity index (χ1) is 12.3. The molecule has 0 amide bonds. The SMILES string of the molecule is Cc1cc2nn3c(cnc13)C1=CC3(CNCCCCCN2)C[C@H]3C=C1. The first kappa shape index (κ1) is 15.1. The Morgan fingerprint density at radius 2 is 2.16 bits per heavy atom. The molecule has 2 aromatic rings. The molecule has 3 heterocycles. The molecule has 1 unspecified atom stereocenters. The van der Waals surface area contributed by atoms with Gasteiger partial charge in [0.05, 0.1) is 11.9 Å². The van der Waals surface area contributed by atoms with Gasteiger partial charge in [0.15, 0.2) is 5.65 Å². The number of nitrogens with zero attached hydrogens (tertiary/aromatic N) is 3. The molecule has 0 aromatic carbocycles. The second-order valence-electron chi connectivity index (χ2n) is 7.76. The summed E-state index contributed by atoms with van der Waals surface area (Å²) in [4.78, 5) is 4.63. The molecule has 3 aliphatic rings. The Hall–Kier alpha value is -2.14. The highest BCUT2D eigenvalue weighted by atomic mass is 15.3. The van der Waals surface area contributed by atoms with Crippen molar-refractivity contribution in [3.05, 3.63) is 41.7 Å². The molecule has 5 rings (SSSR count). The molecule has 1 aliphatic heterocycles. The smallest absolute Gasteiger partial charge is 0.157 e. The monoisotopic (exact) mass is 335 g/mol. The number of rotatable bonds is 0. The molecule has 1 saturated carbocycles. The van der Waals surface area contributed by atoms with Gasteiger partial charge in [-0.1, -0.05) is 24.6 Å². The van der Waals surface area contributed by atoms with Gasteiger partial charge in [-0.3, -0.25) is 0 Å². The van der Waals surface area contributed by atoms with Crippen LogP contribution in [0.3, 0.4) is 0 Å². The zero-order chi connectivity index (χ0) is 16.9. The number of anilines is 1. The maximum Gasteiger partial charge on any atom is 0.157 e. The van der Waals surface area contributed by atoms with Crippen molar-refractivity contribution in [3.8, 4) is 0 Å². The van der Waals surface area contributed by atoms with E-state index in [0.717, 1.165) is 42.4 Å². The molecule has 25 heavy (non-hydrogen) atoms. The second kappa shape index (κ2) is 5.70. The van der Waals surface area contributed by atoms with Gasteiger partial charge in [0, 0.05) is 18.5 Å². The first-order valence-electron chi connectivity index (χ1n) is 9.47. The Morgan fingerprint density at radius 3 is 3.12 bits per heavy atom. The molecule has 2 atom stereocenters. The standard InChI is InChI=1S/C20H25N5/c1-14-9-18-22-8-4-2-3-7-21-13-20-10-15(5-6-16(20)11-20)17-12-23-19(14)25(17)24-18/h5-6,9-10,12,16,21H,2-4,7-8,11,13H2,1H3,(H,22,24)/t16-,20?/m1/s1. The molecule has 130 valence electrons. The summed E-state index contributed by atoms with van der Waals surface area (Å²) in [6, 6.07) is 2.11. The summed E-state index contributed by atoms with van der Waals surface area (Å²) >= 11 is 0. The molecule has 4 bridgehead atoms. The fourth-order valence-electron chi connectivity index (χ4n) is 4.26. The highest BCUT2D eigenvalue weighted by molar-refractivity contribution is 5.76. The van der Waals surface area contributed by atoms with Crippen LogP contribution in [0.1, 0.15) is 36.9 Å². The highest BCUT2D eigenvalue weighted by Crippen LogP contribution is 2.57. The number of allylic oxidation sites excluding steroid dienone is 3. The van der Waals surface area contributed by atoms with Crippen LogP contribution >= 0.6 is 0 Å². The number of nitrogens with one attached hydrogen (secondary N) is 2. The Labute approximate surface area is 148 Å². The van der Waals surface area contributed by atoms with Crippen LogP contribution < -0.4 is 10.6 Å². The number of aromatic nitrogens is 3. The third-order valence-electron chi connectivity index (χ3n) is 5.87. The number of imidazole rings is 1. The van der Waals surface area contributed by atoms with Crippen molar-refractivity contribution in [2.24, 2.45) is 11.3 Å². The molecule has 0 radical (unpaired) electrons. The van der Waals surface area contributed by atoms with Crippen molar-refractivity contribution < 1.29 is 0 Å².